The Balaban J connectivity index is 2.48. The van der Waals surface area contributed by atoms with E-state index < -0.39 is 32.3 Å². The van der Waals surface area contributed by atoms with Gasteiger partial charge in [0.15, 0.2) is 0 Å². The van der Waals surface area contributed by atoms with Crippen molar-refractivity contribution in [1.82, 2.24) is 0 Å². The third-order valence-electron chi connectivity index (χ3n) is 6.16. The lowest BCUT2D eigenvalue weighted by atomic mass is 9.80. The summed E-state index contributed by atoms with van der Waals surface area (Å²) in [6.07, 6.45) is 0. The number of phenolic OH excluding ortho intramolecular Hbond substituents is 2. The largest absolute Gasteiger partial charge is 0.507 e. The summed E-state index contributed by atoms with van der Waals surface area (Å²) in [7, 11) is 0. The Morgan fingerprint density at radius 2 is 0.824 bits per heavy atom. The Morgan fingerprint density at radius 1 is 0.500 bits per heavy atom. The molecule has 0 aliphatic rings. The fourth-order valence-corrected chi connectivity index (χ4v) is 4.19. The van der Waals surface area contributed by atoms with Crippen LogP contribution in [0.2, 0.25) is 0 Å². The lowest BCUT2D eigenvalue weighted by molar-refractivity contribution is 0.263. The number of phenols is 5. The van der Waals surface area contributed by atoms with Crippen molar-refractivity contribution in [3.63, 3.8) is 0 Å². The number of aliphatic hydroxyl groups excluding tert-OH is 4. The molecule has 3 rings (SSSR count). The predicted octanol–water partition coefficient (Wildman–Crippen LogP) is 1.98. The van der Waals surface area contributed by atoms with Gasteiger partial charge in [-0.25, -0.2) is 0 Å². The molecule has 0 fully saturated rings. The van der Waals surface area contributed by atoms with Crippen molar-refractivity contribution in [2.24, 2.45) is 0 Å². The van der Waals surface area contributed by atoms with Gasteiger partial charge >= 0.3 is 0 Å². The van der Waals surface area contributed by atoms with Gasteiger partial charge in [0.1, 0.15) is 28.7 Å². The van der Waals surface area contributed by atoms with Crippen LogP contribution in [0.1, 0.15) is 56.0 Å². The molecule has 3 aromatic carbocycles. The summed E-state index contributed by atoms with van der Waals surface area (Å²) in [5.41, 5.74) is 1.18. The molecule has 9 nitrogen and oxygen atoms in total. The number of hydrogen-bond donors (Lipinski definition) is 9. The van der Waals surface area contributed by atoms with Crippen LogP contribution in [0.15, 0.2) is 24.3 Å². The maximum absolute atomic E-state index is 11.0. The van der Waals surface area contributed by atoms with Gasteiger partial charge in [-0.1, -0.05) is 0 Å². The van der Waals surface area contributed by atoms with E-state index >= 15 is 0 Å². The molecule has 0 saturated carbocycles. The quantitative estimate of drug-likeness (QED) is 0.232. The molecule has 0 atom stereocenters. The molecule has 9 N–H and O–H groups in total. The number of aliphatic hydroxyl groups is 4. The first-order valence-corrected chi connectivity index (χ1v) is 10.5. The summed E-state index contributed by atoms with van der Waals surface area (Å²) in [6.45, 7) is 0.666. The number of rotatable bonds is 7. The van der Waals surface area contributed by atoms with Crippen LogP contribution in [-0.2, 0) is 26.4 Å². The van der Waals surface area contributed by atoms with Crippen LogP contribution < -0.4 is 0 Å². The lowest BCUT2D eigenvalue weighted by Gasteiger charge is -2.26. The Kier molecular flexibility index (Phi) is 7.23. The van der Waals surface area contributed by atoms with Crippen molar-refractivity contribution in [2.75, 3.05) is 0 Å². The van der Waals surface area contributed by atoms with Crippen molar-refractivity contribution in [2.45, 2.75) is 46.2 Å². The molecule has 0 unspecified atom stereocenters. The highest BCUT2D eigenvalue weighted by Gasteiger charge is 2.29. The standard InChI is InChI=1S/C25H28O9/c1-11-21(30)16(9-28)5-18(23(11)32)20(13-3-14(7-26)25(34)15(4-13)8-27)19-6-17(10-29)22(31)12(2)24(19)33/h3-6,20,26-34H,7-10H2,1-2H3. The molecule has 0 spiro atoms. The van der Waals surface area contributed by atoms with Crippen LogP contribution >= 0.6 is 0 Å². The van der Waals surface area contributed by atoms with Crippen LogP contribution in [0.4, 0.5) is 0 Å². The van der Waals surface area contributed by atoms with Gasteiger partial charge in [0.05, 0.1) is 26.4 Å². The molecule has 0 aliphatic heterocycles. The maximum atomic E-state index is 11.0. The minimum absolute atomic E-state index is 0.0764. The van der Waals surface area contributed by atoms with Crippen molar-refractivity contribution < 1.29 is 46.0 Å². The summed E-state index contributed by atoms with van der Waals surface area (Å²) < 4.78 is 0. The van der Waals surface area contributed by atoms with Crippen LogP contribution in [0.5, 0.6) is 28.7 Å². The fourth-order valence-electron chi connectivity index (χ4n) is 4.19. The molecule has 0 saturated heterocycles. The normalized spacial score (nSPS) is 11.4. The summed E-state index contributed by atoms with van der Waals surface area (Å²) in [5, 5.41) is 91.9. The zero-order valence-electron chi connectivity index (χ0n) is 18.7. The third kappa shape index (κ3) is 4.10. The first-order valence-electron chi connectivity index (χ1n) is 10.5. The second kappa shape index (κ2) is 9.78. The molecule has 0 amide bonds. The molecule has 182 valence electrons. The number of benzene rings is 3. The van der Waals surface area contributed by atoms with Crippen molar-refractivity contribution in [3.8, 4) is 28.7 Å². The zero-order chi connectivity index (χ0) is 25.3. The molecule has 0 heterocycles. The molecule has 0 aromatic heterocycles. The van der Waals surface area contributed by atoms with Gasteiger partial charge in [-0.2, -0.15) is 0 Å². The van der Waals surface area contributed by atoms with Gasteiger partial charge in [0.2, 0.25) is 0 Å². The van der Waals surface area contributed by atoms with Gasteiger partial charge in [0.25, 0.3) is 0 Å². The van der Waals surface area contributed by atoms with Crippen LogP contribution in [-0.4, -0.2) is 46.0 Å². The Labute approximate surface area is 195 Å². The van der Waals surface area contributed by atoms with Crippen molar-refractivity contribution in [1.29, 1.82) is 0 Å². The third-order valence-corrected chi connectivity index (χ3v) is 6.16. The molecule has 9 heteroatoms. The van der Waals surface area contributed by atoms with E-state index in [2.05, 4.69) is 0 Å². The minimum atomic E-state index is -1.02. The number of aromatic hydroxyl groups is 5. The second-order valence-corrected chi connectivity index (χ2v) is 8.15. The van der Waals surface area contributed by atoms with Gasteiger partial charge in [-0.05, 0) is 43.7 Å². The highest BCUT2D eigenvalue weighted by atomic mass is 16.3. The van der Waals surface area contributed by atoms with Gasteiger partial charge in [-0.3, -0.25) is 0 Å². The van der Waals surface area contributed by atoms with E-state index in [1.165, 1.54) is 38.1 Å². The molecule has 34 heavy (non-hydrogen) atoms. The molecule has 3 aromatic rings. The first kappa shape index (κ1) is 25.1. The van der Waals surface area contributed by atoms with E-state index in [0.717, 1.165) is 0 Å². The van der Waals surface area contributed by atoms with Crippen LogP contribution in [0.3, 0.4) is 0 Å². The highest BCUT2D eigenvalue weighted by molar-refractivity contribution is 5.63. The molecule has 0 radical (unpaired) electrons. The van der Waals surface area contributed by atoms with Crippen molar-refractivity contribution in [3.05, 3.63) is 74.3 Å². The number of hydrogen-bond acceptors (Lipinski definition) is 9. The molecule has 0 aliphatic carbocycles. The average molecular weight is 472 g/mol. The van der Waals surface area contributed by atoms with Crippen LogP contribution in [0, 0.1) is 13.8 Å². The smallest absolute Gasteiger partial charge is 0.127 e. The van der Waals surface area contributed by atoms with Crippen molar-refractivity contribution >= 4 is 0 Å². The zero-order valence-corrected chi connectivity index (χ0v) is 18.7. The van der Waals surface area contributed by atoms with E-state index in [9.17, 15) is 46.0 Å². The Morgan fingerprint density at radius 3 is 1.15 bits per heavy atom. The van der Waals surface area contributed by atoms with E-state index in [1.54, 1.807) is 0 Å². The Bertz CT molecular complexity index is 1140. The molecule has 0 bridgehead atoms. The monoisotopic (exact) mass is 472 g/mol. The maximum Gasteiger partial charge on any atom is 0.127 e. The average Bonchev–Trinajstić information content (AvgIpc) is 2.84. The van der Waals surface area contributed by atoms with Crippen LogP contribution in [0.25, 0.3) is 0 Å². The molecular formula is C25H28O9. The lowest BCUT2D eigenvalue weighted by Crippen LogP contribution is -2.09. The predicted molar refractivity (Wildman–Crippen MR) is 122 cm³/mol. The topological polar surface area (TPSA) is 182 Å². The first-order chi connectivity index (χ1) is 16.1. The van der Waals surface area contributed by atoms with Gasteiger partial charge in [-0.15, -0.1) is 0 Å². The van der Waals surface area contributed by atoms with E-state index in [-0.39, 0.29) is 73.3 Å². The highest BCUT2D eigenvalue weighted by Crippen LogP contribution is 2.48. The minimum Gasteiger partial charge on any atom is -0.507 e. The molecular weight excluding hydrogens is 444 g/mol. The summed E-state index contributed by atoms with van der Waals surface area (Å²) in [4.78, 5) is 0. The fraction of sp³-hybridized carbons (Fsp3) is 0.280. The van der Waals surface area contributed by atoms with E-state index in [4.69, 9.17) is 0 Å². The van der Waals surface area contributed by atoms with Gasteiger partial charge in [0, 0.05) is 50.4 Å². The Hall–Kier alpha value is -3.50. The summed E-state index contributed by atoms with van der Waals surface area (Å²) >= 11 is 0. The second-order valence-electron chi connectivity index (χ2n) is 8.15. The van der Waals surface area contributed by atoms with Gasteiger partial charge < -0.3 is 46.0 Å². The summed E-state index contributed by atoms with van der Waals surface area (Å²) in [5.74, 6) is -2.61. The summed E-state index contributed by atoms with van der Waals surface area (Å²) in [6, 6.07) is 5.57. The van der Waals surface area contributed by atoms with E-state index in [0.29, 0.717) is 5.56 Å². The van der Waals surface area contributed by atoms with E-state index in [1.807, 2.05) is 0 Å². The SMILES string of the molecule is Cc1c(O)c(CO)cc(C(c2cc(CO)c(O)c(CO)c2)c2cc(CO)c(O)c(C)c2O)c1O.